The summed E-state index contributed by atoms with van der Waals surface area (Å²) in [7, 11) is 1.81. The Hall–Kier alpha value is -1.36. The van der Waals surface area contributed by atoms with Crippen LogP contribution < -0.4 is 5.32 Å². The Kier molecular flexibility index (Phi) is 4.98. The summed E-state index contributed by atoms with van der Waals surface area (Å²) >= 11 is 0. The highest BCUT2D eigenvalue weighted by molar-refractivity contribution is 5.95. The van der Waals surface area contributed by atoms with Gasteiger partial charge in [0, 0.05) is 26.4 Å². The van der Waals surface area contributed by atoms with Crippen molar-refractivity contribution < 1.29 is 9.90 Å². The summed E-state index contributed by atoms with van der Waals surface area (Å²) in [5, 5.41) is 15.6. The van der Waals surface area contributed by atoms with E-state index >= 15 is 0 Å². The molecule has 0 fully saturated rings. The Labute approximate surface area is 95.5 Å². The van der Waals surface area contributed by atoms with Crippen LogP contribution in [0.15, 0.2) is 6.20 Å². The normalized spacial score (nSPS) is 10.4. The van der Waals surface area contributed by atoms with Crippen molar-refractivity contribution >= 4 is 5.91 Å². The van der Waals surface area contributed by atoms with E-state index in [2.05, 4.69) is 10.4 Å². The monoisotopic (exact) mass is 225 g/mol. The van der Waals surface area contributed by atoms with Gasteiger partial charge in [0.1, 0.15) is 0 Å². The lowest BCUT2D eigenvalue weighted by atomic mass is 10.2. The van der Waals surface area contributed by atoms with Crippen LogP contribution in [0, 0.1) is 0 Å². The van der Waals surface area contributed by atoms with Crippen LogP contribution in [0.2, 0.25) is 0 Å². The van der Waals surface area contributed by atoms with Crippen molar-refractivity contribution in [3.8, 4) is 0 Å². The maximum atomic E-state index is 11.8. The molecule has 90 valence electrons. The summed E-state index contributed by atoms with van der Waals surface area (Å²) in [6.45, 7) is 2.74. The minimum absolute atomic E-state index is 0.0807. The van der Waals surface area contributed by atoms with Gasteiger partial charge in [-0.2, -0.15) is 5.10 Å². The van der Waals surface area contributed by atoms with Gasteiger partial charge >= 0.3 is 0 Å². The zero-order chi connectivity index (χ0) is 12.0. The van der Waals surface area contributed by atoms with Crippen LogP contribution in [-0.4, -0.2) is 33.9 Å². The Morgan fingerprint density at radius 1 is 1.56 bits per heavy atom. The number of carbonyl (C=O) groups is 1. The zero-order valence-corrected chi connectivity index (χ0v) is 9.86. The molecule has 0 unspecified atom stereocenters. The second-order valence-electron chi connectivity index (χ2n) is 3.70. The molecular weight excluding hydrogens is 206 g/mol. The van der Waals surface area contributed by atoms with Gasteiger partial charge in [0.25, 0.3) is 5.91 Å². The van der Waals surface area contributed by atoms with E-state index in [1.54, 1.807) is 10.9 Å². The fraction of sp³-hybridized carbons (Fsp3) is 0.636. The van der Waals surface area contributed by atoms with E-state index in [1.807, 2.05) is 14.0 Å². The summed E-state index contributed by atoms with van der Waals surface area (Å²) in [5.74, 6) is -0.0807. The van der Waals surface area contributed by atoms with Gasteiger partial charge in [-0.05, 0) is 19.3 Å². The quantitative estimate of drug-likeness (QED) is 0.692. The molecule has 1 aromatic rings. The van der Waals surface area contributed by atoms with Gasteiger partial charge in [0.05, 0.1) is 11.3 Å². The van der Waals surface area contributed by atoms with Crippen molar-refractivity contribution in [2.75, 3.05) is 13.2 Å². The molecule has 0 saturated carbocycles. The molecule has 2 N–H and O–H groups in total. The molecule has 0 radical (unpaired) electrons. The number of amides is 1. The van der Waals surface area contributed by atoms with Gasteiger partial charge in [-0.25, -0.2) is 0 Å². The number of nitrogens with zero attached hydrogens (tertiary/aromatic N) is 2. The molecule has 1 aromatic heterocycles. The average molecular weight is 225 g/mol. The fourth-order valence-electron chi connectivity index (χ4n) is 1.52. The zero-order valence-electron chi connectivity index (χ0n) is 9.86. The highest BCUT2D eigenvalue weighted by Crippen LogP contribution is 2.06. The maximum Gasteiger partial charge on any atom is 0.254 e. The third-order valence-corrected chi connectivity index (χ3v) is 2.36. The number of hydrogen-bond acceptors (Lipinski definition) is 3. The Bertz CT molecular complexity index is 347. The summed E-state index contributed by atoms with van der Waals surface area (Å²) in [6.07, 6.45) is 4.00. The second-order valence-corrected chi connectivity index (χ2v) is 3.70. The number of aliphatic hydroxyl groups excluding tert-OH is 1. The van der Waals surface area contributed by atoms with E-state index in [1.165, 1.54) is 0 Å². The van der Waals surface area contributed by atoms with Gasteiger partial charge < -0.3 is 10.4 Å². The van der Waals surface area contributed by atoms with E-state index in [-0.39, 0.29) is 12.5 Å². The van der Waals surface area contributed by atoms with Gasteiger partial charge in [-0.1, -0.05) is 6.92 Å². The van der Waals surface area contributed by atoms with Crippen molar-refractivity contribution in [2.24, 2.45) is 7.05 Å². The standard InChI is InChI=1S/C11H19N3O2/c1-3-10-9(8-14(2)13-10)11(16)12-6-4-5-7-15/h8,15H,3-7H2,1-2H3,(H,12,16). The third kappa shape index (κ3) is 3.34. The first-order valence-corrected chi connectivity index (χ1v) is 5.60. The smallest absolute Gasteiger partial charge is 0.254 e. The Morgan fingerprint density at radius 2 is 2.31 bits per heavy atom. The van der Waals surface area contributed by atoms with Crippen LogP contribution >= 0.6 is 0 Å². The van der Waals surface area contributed by atoms with Crippen LogP contribution in [0.3, 0.4) is 0 Å². The van der Waals surface area contributed by atoms with E-state index in [4.69, 9.17) is 5.11 Å². The molecule has 0 saturated heterocycles. The van der Waals surface area contributed by atoms with Gasteiger partial charge in [-0.15, -0.1) is 0 Å². The van der Waals surface area contributed by atoms with Crippen LogP contribution in [-0.2, 0) is 13.5 Å². The van der Waals surface area contributed by atoms with Crippen molar-refractivity contribution in [3.63, 3.8) is 0 Å². The number of aromatic nitrogens is 2. The molecule has 1 rings (SSSR count). The topological polar surface area (TPSA) is 67.2 Å². The minimum atomic E-state index is -0.0807. The number of aliphatic hydroxyl groups is 1. The largest absolute Gasteiger partial charge is 0.396 e. The lowest BCUT2D eigenvalue weighted by Gasteiger charge is -2.03. The molecule has 0 aliphatic carbocycles. The maximum absolute atomic E-state index is 11.8. The summed E-state index contributed by atoms with van der Waals surface area (Å²) in [6, 6.07) is 0. The molecule has 0 aliphatic heterocycles. The number of rotatable bonds is 6. The molecule has 0 bridgehead atoms. The molecule has 1 heterocycles. The van der Waals surface area contributed by atoms with Gasteiger partial charge in [-0.3, -0.25) is 9.48 Å². The number of hydrogen-bond donors (Lipinski definition) is 2. The first-order chi connectivity index (χ1) is 7.69. The van der Waals surface area contributed by atoms with E-state index in [9.17, 15) is 4.79 Å². The van der Waals surface area contributed by atoms with E-state index in [0.717, 1.165) is 18.5 Å². The molecule has 0 atom stereocenters. The van der Waals surface area contributed by atoms with Crippen LogP contribution in [0.5, 0.6) is 0 Å². The summed E-state index contributed by atoms with van der Waals surface area (Å²) in [4.78, 5) is 11.8. The van der Waals surface area contributed by atoms with Crippen LogP contribution in [0.1, 0.15) is 35.8 Å². The molecule has 5 nitrogen and oxygen atoms in total. The van der Waals surface area contributed by atoms with Crippen LogP contribution in [0.25, 0.3) is 0 Å². The molecular formula is C11H19N3O2. The first-order valence-electron chi connectivity index (χ1n) is 5.60. The molecule has 0 aliphatic rings. The molecule has 0 spiro atoms. The third-order valence-electron chi connectivity index (χ3n) is 2.36. The number of unbranched alkanes of at least 4 members (excludes halogenated alkanes) is 1. The Morgan fingerprint density at radius 3 is 2.94 bits per heavy atom. The highest BCUT2D eigenvalue weighted by atomic mass is 16.2. The predicted octanol–water partition coefficient (Wildman–Crippen LogP) is 0.485. The van der Waals surface area contributed by atoms with Gasteiger partial charge in [0.15, 0.2) is 0 Å². The molecule has 16 heavy (non-hydrogen) atoms. The molecule has 5 heteroatoms. The average Bonchev–Trinajstić information content (AvgIpc) is 2.65. The van der Waals surface area contributed by atoms with Crippen molar-refractivity contribution in [1.29, 1.82) is 0 Å². The van der Waals surface area contributed by atoms with Gasteiger partial charge in [0.2, 0.25) is 0 Å². The molecule has 0 aromatic carbocycles. The highest BCUT2D eigenvalue weighted by Gasteiger charge is 2.13. The Balaban J connectivity index is 2.51. The van der Waals surface area contributed by atoms with Crippen LogP contribution in [0.4, 0.5) is 0 Å². The van der Waals surface area contributed by atoms with Crippen molar-refractivity contribution in [3.05, 3.63) is 17.5 Å². The summed E-state index contributed by atoms with van der Waals surface area (Å²) < 4.78 is 1.65. The SMILES string of the molecule is CCc1nn(C)cc1C(=O)NCCCCO. The number of nitrogens with one attached hydrogen (secondary N) is 1. The lowest BCUT2D eigenvalue weighted by molar-refractivity contribution is 0.0951. The summed E-state index contributed by atoms with van der Waals surface area (Å²) in [5.41, 5.74) is 1.47. The van der Waals surface area contributed by atoms with Crippen molar-refractivity contribution in [1.82, 2.24) is 15.1 Å². The van der Waals surface area contributed by atoms with E-state index < -0.39 is 0 Å². The fourth-order valence-corrected chi connectivity index (χ4v) is 1.52. The first kappa shape index (κ1) is 12.7. The second kappa shape index (κ2) is 6.27. The predicted molar refractivity (Wildman–Crippen MR) is 61.2 cm³/mol. The van der Waals surface area contributed by atoms with E-state index in [0.29, 0.717) is 18.5 Å². The lowest BCUT2D eigenvalue weighted by Crippen LogP contribution is -2.25. The number of carbonyl (C=O) groups excluding carboxylic acids is 1. The molecule has 1 amide bonds. The van der Waals surface area contributed by atoms with Crippen molar-refractivity contribution in [2.45, 2.75) is 26.2 Å². The number of aryl methyl sites for hydroxylation is 2. The minimum Gasteiger partial charge on any atom is -0.396 e.